The standard InChI is InChI=1S/C14H13NO3/c1-15-8-7-12(9-16)13(14(15)17)18-10-11-5-3-2-4-6-11/h2-9H,10H2,1H3. The quantitative estimate of drug-likeness (QED) is 0.769. The number of aromatic nitrogens is 1. The minimum Gasteiger partial charge on any atom is -0.483 e. The maximum absolute atomic E-state index is 11.8. The summed E-state index contributed by atoms with van der Waals surface area (Å²) in [5, 5.41) is 0. The Hall–Kier alpha value is -2.36. The van der Waals surface area contributed by atoms with Crippen LogP contribution in [0.15, 0.2) is 47.4 Å². The van der Waals surface area contributed by atoms with Crippen molar-refractivity contribution in [3.63, 3.8) is 0 Å². The van der Waals surface area contributed by atoms with Crippen LogP contribution in [-0.4, -0.2) is 10.9 Å². The molecule has 1 heterocycles. The SMILES string of the molecule is Cn1ccc(C=O)c(OCc2ccccc2)c1=O. The molecule has 4 nitrogen and oxygen atoms in total. The lowest BCUT2D eigenvalue weighted by Gasteiger charge is -2.09. The van der Waals surface area contributed by atoms with Gasteiger partial charge in [0.1, 0.15) is 6.61 Å². The number of hydrogen-bond donors (Lipinski definition) is 0. The van der Waals surface area contributed by atoms with E-state index in [1.807, 2.05) is 30.3 Å². The second kappa shape index (κ2) is 5.31. The number of ether oxygens (including phenoxy) is 1. The maximum atomic E-state index is 11.8. The number of rotatable bonds is 4. The fourth-order valence-electron chi connectivity index (χ4n) is 1.59. The summed E-state index contributed by atoms with van der Waals surface area (Å²) in [6.07, 6.45) is 2.17. The third-order valence-electron chi connectivity index (χ3n) is 2.61. The Kier molecular flexibility index (Phi) is 3.57. The molecule has 0 N–H and O–H groups in total. The minimum absolute atomic E-state index is 0.0962. The monoisotopic (exact) mass is 243 g/mol. The van der Waals surface area contributed by atoms with Crippen molar-refractivity contribution in [2.45, 2.75) is 6.61 Å². The highest BCUT2D eigenvalue weighted by Gasteiger charge is 2.09. The van der Waals surface area contributed by atoms with Gasteiger partial charge in [0.2, 0.25) is 0 Å². The molecular weight excluding hydrogens is 230 g/mol. The topological polar surface area (TPSA) is 48.3 Å². The molecule has 0 spiro atoms. The number of carbonyl (C=O) groups is 1. The number of aldehydes is 1. The third kappa shape index (κ3) is 2.48. The van der Waals surface area contributed by atoms with Crippen molar-refractivity contribution in [2.24, 2.45) is 7.05 Å². The Morgan fingerprint density at radius 1 is 1.22 bits per heavy atom. The first kappa shape index (κ1) is 12.1. The Morgan fingerprint density at radius 3 is 2.61 bits per heavy atom. The van der Waals surface area contributed by atoms with Gasteiger partial charge in [-0.1, -0.05) is 30.3 Å². The van der Waals surface area contributed by atoms with Gasteiger partial charge in [-0.2, -0.15) is 0 Å². The molecule has 0 amide bonds. The fourth-order valence-corrected chi connectivity index (χ4v) is 1.59. The van der Waals surface area contributed by atoms with Gasteiger partial charge in [-0.3, -0.25) is 9.59 Å². The molecule has 0 saturated heterocycles. The van der Waals surface area contributed by atoms with E-state index in [1.54, 1.807) is 19.3 Å². The van der Waals surface area contributed by atoms with Gasteiger partial charge in [-0.15, -0.1) is 0 Å². The summed E-state index contributed by atoms with van der Waals surface area (Å²) in [5.74, 6) is 0.0962. The van der Waals surface area contributed by atoms with Gasteiger partial charge in [-0.05, 0) is 11.6 Å². The van der Waals surface area contributed by atoms with E-state index in [9.17, 15) is 9.59 Å². The molecule has 0 unspecified atom stereocenters. The van der Waals surface area contributed by atoms with Crippen LogP contribution in [0.1, 0.15) is 15.9 Å². The summed E-state index contributed by atoms with van der Waals surface area (Å²) in [6, 6.07) is 11.0. The minimum atomic E-state index is -0.310. The zero-order valence-corrected chi connectivity index (χ0v) is 10.00. The molecule has 2 rings (SSSR count). The van der Waals surface area contributed by atoms with Crippen molar-refractivity contribution in [2.75, 3.05) is 0 Å². The van der Waals surface area contributed by atoms with Crippen molar-refractivity contribution in [3.05, 3.63) is 64.1 Å². The number of aryl methyl sites for hydroxylation is 1. The highest BCUT2D eigenvalue weighted by atomic mass is 16.5. The van der Waals surface area contributed by atoms with E-state index in [1.165, 1.54) is 4.57 Å². The van der Waals surface area contributed by atoms with E-state index in [-0.39, 0.29) is 23.5 Å². The maximum Gasteiger partial charge on any atom is 0.293 e. The van der Waals surface area contributed by atoms with Crippen LogP contribution in [0.25, 0.3) is 0 Å². The summed E-state index contributed by atoms with van der Waals surface area (Å²) in [6.45, 7) is 0.265. The average molecular weight is 243 g/mol. The molecule has 0 radical (unpaired) electrons. The average Bonchev–Trinajstić information content (AvgIpc) is 2.41. The van der Waals surface area contributed by atoms with Crippen LogP contribution in [0.4, 0.5) is 0 Å². The lowest BCUT2D eigenvalue weighted by Crippen LogP contribution is -2.20. The van der Waals surface area contributed by atoms with Crippen LogP contribution in [-0.2, 0) is 13.7 Å². The van der Waals surface area contributed by atoms with Crippen LogP contribution >= 0.6 is 0 Å². The summed E-state index contributed by atoms with van der Waals surface area (Å²) in [4.78, 5) is 22.7. The first-order valence-electron chi connectivity index (χ1n) is 5.54. The largest absolute Gasteiger partial charge is 0.483 e. The Balaban J connectivity index is 2.26. The van der Waals surface area contributed by atoms with E-state index in [0.29, 0.717) is 6.29 Å². The molecule has 2 aromatic rings. The molecule has 1 aromatic carbocycles. The number of hydrogen-bond acceptors (Lipinski definition) is 3. The first-order chi connectivity index (χ1) is 8.72. The molecular formula is C14H13NO3. The fraction of sp³-hybridized carbons (Fsp3) is 0.143. The van der Waals surface area contributed by atoms with Crippen LogP contribution in [0.2, 0.25) is 0 Å². The third-order valence-corrected chi connectivity index (χ3v) is 2.61. The van der Waals surface area contributed by atoms with Crippen molar-refractivity contribution < 1.29 is 9.53 Å². The highest BCUT2D eigenvalue weighted by molar-refractivity contribution is 5.78. The normalized spacial score (nSPS) is 10.1. The van der Waals surface area contributed by atoms with Crippen LogP contribution in [0.5, 0.6) is 5.75 Å². The predicted molar refractivity (Wildman–Crippen MR) is 67.8 cm³/mol. The van der Waals surface area contributed by atoms with Gasteiger partial charge in [0, 0.05) is 13.2 Å². The van der Waals surface area contributed by atoms with E-state index >= 15 is 0 Å². The molecule has 0 atom stereocenters. The molecule has 18 heavy (non-hydrogen) atoms. The molecule has 0 aliphatic carbocycles. The number of pyridine rings is 1. The van der Waals surface area contributed by atoms with Gasteiger partial charge in [0.05, 0.1) is 5.56 Å². The summed E-state index contributed by atoms with van der Waals surface area (Å²) in [5.41, 5.74) is 0.907. The molecule has 0 bridgehead atoms. The Labute approximate surface area is 104 Å². The van der Waals surface area contributed by atoms with Crippen molar-refractivity contribution in [1.29, 1.82) is 0 Å². The molecule has 0 aliphatic rings. The number of benzene rings is 1. The zero-order chi connectivity index (χ0) is 13.0. The smallest absolute Gasteiger partial charge is 0.293 e. The molecule has 1 aromatic heterocycles. The van der Waals surface area contributed by atoms with Gasteiger partial charge in [0.25, 0.3) is 5.56 Å². The summed E-state index contributed by atoms with van der Waals surface area (Å²) < 4.78 is 6.84. The van der Waals surface area contributed by atoms with Gasteiger partial charge >= 0.3 is 0 Å². The first-order valence-corrected chi connectivity index (χ1v) is 5.54. The summed E-state index contributed by atoms with van der Waals surface area (Å²) >= 11 is 0. The van der Waals surface area contributed by atoms with E-state index in [0.717, 1.165) is 5.56 Å². The summed E-state index contributed by atoms with van der Waals surface area (Å²) in [7, 11) is 1.62. The predicted octanol–water partition coefficient (Wildman–Crippen LogP) is 1.78. The zero-order valence-electron chi connectivity index (χ0n) is 10.00. The number of nitrogens with zero attached hydrogens (tertiary/aromatic N) is 1. The van der Waals surface area contributed by atoms with E-state index < -0.39 is 0 Å². The lowest BCUT2D eigenvalue weighted by molar-refractivity contribution is 0.111. The number of carbonyl (C=O) groups excluding carboxylic acids is 1. The van der Waals surface area contributed by atoms with Gasteiger partial charge in [0.15, 0.2) is 12.0 Å². The molecule has 4 heteroatoms. The molecule has 0 fully saturated rings. The van der Waals surface area contributed by atoms with Crippen LogP contribution in [0, 0.1) is 0 Å². The van der Waals surface area contributed by atoms with Crippen molar-refractivity contribution in [1.82, 2.24) is 4.57 Å². The van der Waals surface area contributed by atoms with Crippen LogP contribution < -0.4 is 10.3 Å². The van der Waals surface area contributed by atoms with E-state index in [2.05, 4.69) is 0 Å². The van der Waals surface area contributed by atoms with Crippen LogP contribution in [0.3, 0.4) is 0 Å². The van der Waals surface area contributed by atoms with Gasteiger partial charge in [-0.25, -0.2) is 0 Å². The molecule has 0 aliphatic heterocycles. The van der Waals surface area contributed by atoms with Gasteiger partial charge < -0.3 is 9.30 Å². The van der Waals surface area contributed by atoms with Crippen molar-refractivity contribution >= 4 is 6.29 Å². The Morgan fingerprint density at radius 2 is 1.94 bits per heavy atom. The second-order valence-corrected chi connectivity index (χ2v) is 3.91. The van der Waals surface area contributed by atoms with Crippen molar-refractivity contribution in [3.8, 4) is 5.75 Å². The molecule has 0 saturated carbocycles. The van der Waals surface area contributed by atoms with E-state index in [4.69, 9.17) is 4.74 Å². The lowest BCUT2D eigenvalue weighted by atomic mass is 10.2. The molecule has 92 valence electrons. The highest BCUT2D eigenvalue weighted by Crippen LogP contribution is 2.12. The second-order valence-electron chi connectivity index (χ2n) is 3.91. The Bertz CT molecular complexity index is 602.